The molecule has 3 N–H and O–H groups in total. The Bertz CT molecular complexity index is 1440. The first-order valence-corrected chi connectivity index (χ1v) is 11.8. The number of unbranched alkanes of at least 4 members (excludes halogenated alkanes) is 1. The van der Waals surface area contributed by atoms with Crippen molar-refractivity contribution >= 4 is 11.8 Å². The third-order valence-corrected chi connectivity index (χ3v) is 5.51. The summed E-state index contributed by atoms with van der Waals surface area (Å²) in [6.45, 7) is 1.06. The second kappa shape index (κ2) is 12.1. The van der Waals surface area contributed by atoms with Gasteiger partial charge in [0.2, 0.25) is 0 Å². The van der Waals surface area contributed by atoms with Gasteiger partial charge in [-0.1, -0.05) is 22.6 Å². The molecule has 0 aliphatic carbocycles. The number of rotatable bonds is 11. The maximum atomic E-state index is 12.8. The van der Waals surface area contributed by atoms with Crippen molar-refractivity contribution in [1.29, 1.82) is 0 Å². The van der Waals surface area contributed by atoms with Crippen LogP contribution in [0.4, 0.5) is 13.2 Å². The largest absolute Gasteiger partial charge is 0.508 e. The van der Waals surface area contributed by atoms with Gasteiger partial charge in [-0.3, -0.25) is 23.9 Å². The molecule has 0 saturated carbocycles. The van der Waals surface area contributed by atoms with Crippen molar-refractivity contribution < 1.29 is 27.9 Å². The molecule has 0 spiro atoms. The summed E-state index contributed by atoms with van der Waals surface area (Å²) < 4.78 is 41.5. The predicted molar refractivity (Wildman–Crippen MR) is 129 cm³/mol. The highest BCUT2D eigenvalue weighted by Crippen LogP contribution is 2.28. The van der Waals surface area contributed by atoms with Crippen LogP contribution in [0.1, 0.15) is 50.5 Å². The number of carbonyl (C=O) groups is 2. The molecule has 1 aromatic carbocycles. The number of nitrogens with one attached hydrogen (secondary N) is 2. The maximum absolute atomic E-state index is 12.8. The smallest absolute Gasteiger partial charge is 0.417 e. The summed E-state index contributed by atoms with van der Waals surface area (Å²) >= 11 is 0. The Morgan fingerprint density at radius 2 is 1.44 bits per heavy atom. The molecule has 0 saturated heterocycles. The number of halogens is 3. The molecular formula is C24H24F3N9O3. The van der Waals surface area contributed by atoms with E-state index in [-0.39, 0.29) is 41.7 Å². The SMILES string of the molecule is O=C(NCc1cccc(O)c1)c1cn(CCCCn2cc(C(=O)NCc3cncc(C(F)(F)F)c3)nn2)nn1. The van der Waals surface area contributed by atoms with Gasteiger partial charge in [0.25, 0.3) is 11.8 Å². The lowest BCUT2D eigenvalue weighted by atomic mass is 10.2. The minimum absolute atomic E-state index is 0.0348. The standard InChI is InChI=1S/C24H24F3N9O3/c25-24(26,27)18-8-17(10-28-13-18)12-30-23(39)21-15-36(34-32-21)7-2-1-6-35-14-20(31-33-35)22(38)29-11-16-4-3-5-19(37)9-16/h3-5,8-10,13-15,37H,1-2,6-7,11-12H2,(H,29,38)(H,30,39). The van der Waals surface area contributed by atoms with E-state index in [1.54, 1.807) is 28.9 Å². The lowest BCUT2D eigenvalue weighted by Crippen LogP contribution is -2.23. The molecule has 15 heteroatoms. The molecule has 0 bridgehead atoms. The van der Waals surface area contributed by atoms with Gasteiger partial charge in [-0.05, 0) is 42.2 Å². The van der Waals surface area contributed by atoms with Crippen LogP contribution in [-0.4, -0.2) is 51.9 Å². The number of carbonyl (C=O) groups excluding carboxylic acids is 2. The van der Waals surface area contributed by atoms with E-state index in [1.165, 1.54) is 23.3 Å². The molecule has 39 heavy (non-hydrogen) atoms. The average molecular weight is 544 g/mol. The molecule has 3 heterocycles. The summed E-state index contributed by atoms with van der Waals surface area (Å²) in [5, 5.41) is 30.3. The molecule has 0 radical (unpaired) electrons. The highest BCUT2D eigenvalue weighted by Gasteiger charge is 2.31. The summed E-state index contributed by atoms with van der Waals surface area (Å²) in [4.78, 5) is 28.1. The number of nitrogens with zero attached hydrogens (tertiary/aromatic N) is 7. The van der Waals surface area contributed by atoms with Crippen molar-refractivity contribution in [2.45, 2.75) is 45.2 Å². The second-order valence-electron chi connectivity index (χ2n) is 8.56. The van der Waals surface area contributed by atoms with Crippen LogP contribution in [0.15, 0.2) is 55.1 Å². The zero-order valence-corrected chi connectivity index (χ0v) is 20.5. The molecule has 204 valence electrons. The van der Waals surface area contributed by atoms with Crippen LogP contribution in [0.2, 0.25) is 0 Å². The number of hydrogen-bond acceptors (Lipinski definition) is 8. The van der Waals surface area contributed by atoms with Crippen LogP contribution in [0, 0.1) is 0 Å². The molecule has 4 aromatic rings. The van der Waals surface area contributed by atoms with Gasteiger partial charge >= 0.3 is 6.18 Å². The van der Waals surface area contributed by atoms with E-state index >= 15 is 0 Å². The summed E-state index contributed by atoms with van der Waals surface area (Å²) in [7, 11) is 0. The first-order valence-electron chi connectivity index (χ1n) is 11.8. The molecule has 0 aliphatic heterocycles. The molecule has 0 atom stereocenters. The Morgan fingerprint density at radius 1 is 0.846 bits per heavy atom. The van der Waals surface area contributed by atoms with Gasteiger partial charge in [-0.25, -0.2) is 0 Å². The summed E-state index contributed by atoms with van der Waals surface area (Å²) in [6.07, 6.45) is 1.77. The number of hydrogen-bond donors (Lipinski definition) is 3. The van der Waals surface area contributed by atoms with Crippen molar-refractivity contribution in [3.8, 4) is 5.75 Å². The summed E-state index contributed by atoms with van der Waals surface area (Å²) in [5.41, 5.74) is 0.263. The number of aromatic nitrogens is 7. The highest BCUT2D eigenvalue weighted by molar-refractivity contribution is 5.92. The lowest BCUT2D eigenvalue weighted by Gasteiger charge is -2.08. The Morgan fingerprint density at radius 3 is 2.00 bits per heavy atom. The van der Waals surface area contributed by atoms with Gasteiger partial charge in [-0.15, -0.1) is 10.2 Å². The fourth-order valence-corrected chi connectivity index (χ4v) is 3.52. The van der Waals surface area contributed by atoms with Crippen molar-refractivity contribution in [2.75, 3.05) is 0 Å². The fourth-order valence-electron chi connectivity index (χ4n) is 3.52. The average Bonchev–Trinajstić information content (AvgIpc) is 3.58. The molecule has 12 nitrogen and oxygen atoms in total. The Labute approximate surface area is 219 Å². The van der Waals surface area contributed by atoms with Crippen LogP contribution >= 0.6 is 0 Å². The van der Waals surface area contributed by atoms with Crippen LogP contribution in [0.5, 0.6) is 5.75 Å². The number of pyridine rings is 1. The van der Waals surface area contributed by atoms with Crippen LogP contribution < -0.4 is 10.6 Å². The Hall–Kier alpha value is -4.82. The number of phenolic OH excluding ortho intramolecular Hbond substituents is 1. The lowest BCUT2D eigenvalue weighted by molar-refractivity contribution is -0.137. The van der Waals surface area contributed by atoms with E-state index in [0.717, 1.165) is 17.8 Å². The van der Waals surface area contributed by atoms with Crippen LogP contribution in [0.3, 0.4) is 0 Å². The molecule has 0 aliphatic rings. The third-order valence-electron chi connectivity index (χ3n) is 5.51. The minimum atomic E-state index is -4.52. The zero-order valence-electron chi connectivity index (χ0n) is 20.5. The van der Waals surface area contributed by atoms with Gasteiger partial charge in [0, 0.05) is 38.6 Å². The summed E-state index contributed by atoms with van der Waals surface area (Å²) in [5.74, 6) is -0.844. The topological polar surface area (TPSA) is 153 Å². The third kappa shape index (κ3) is 7.83. The van der Waals surface area contributed by atoms with E-state index in [0.29, 0.717) is 25.9 Å². The molecule has 0 fully saturated rings. The van der Waals surface area contributed by atoms with Crippen LogP contribution in [-0.2, 0) is 32.4 Å². The number of benzene rings is 1. The van der Waals surface area contributed by atoms with Crippen LogP contribution in [0.25, 0.3) is 0 Å². The van der Waals surface area contributed by atoms with Crippen molar-refractivity contribution in [3.63, 3.8) is 0 Å². The normalized spacial score (nSPS) is 11.4. The van der Waals surface area contributed by atoms with Crippen molar-refractivity contribution in [3.05, 3.63) is 83.2 Å². The zero-order chi connectivity index (χ0) is 27.8. The molecular weight excluding hydrogens is 519 g/mol. The van der Waals surface area contributed by atoms with E-state index in [4.69, 9.17) is 0 Å². The first kappa shape index (κ1) is 27.2. The van der Waals surface area contributed by atoms with Gasteiger partial charge in [0.1, 0.15) is 5.75 Å². The molecule has 0 unspecified atom stereocenters. The monoisotopic (exact) mass is 543 g/mol. The van der Waals surface area contributed by atoms with Crippen molar-refractivity contribution in [1.82, 2.24) is 45.6 Å². The number of alkyl halides is 3. The van der Waals surface area contributed by atoms with Gasteiger partial charge in [0.15, 0.2) is 11.4 Å². The molecule has 3 aromatic heterocycles. The Balaban J connectivity index is 1.17. The minimum Gasteiger partial charge on any atom is -0.508 e. The highest BCUT2D eigenvalue weighted by atomic mass is 19.4. The summed E-state index contributed by atoms with van der Waals surface area (Å²) in [6, 6.07) is 7.48. The molecule has 2 amide bonds. The number of phenols is 1. The van der Waals surface area contributed by atoms with Gasteiger partial charge in [0.05, 0.1) is 18.0 Å². The van der Waals surface area contributed by atoms with E-state index in [9.17, 15) is 27.9 Å². The first-order chi connectivity index (χ1) is 18.7. The maximum Gasteiger partial charge on any atom is 0.417 e. The quantitative estimate of drug-likeness (QED) is 0.244. The van der Waals surface area contributed by atoms with E-state index in [2.05, 4.69) is 36.2 Å². The van der Waals surface area contributed by atoms with Gasteiger partial charge < -0.3 is 15.7 Å². The molecule has 4 rings (SSSR count). The predicted octanol–water partition coefficient (Wildman–Crippen LogP) is 2.33. The van der Waals surface area contributed by atoms with E-state index in [1.807, 2.05) is 0 Å². The van der Waals surface area contributed by atoms with Gasteiger partial charge in [-0.2, -0.15) is 13.2 Å². The van der Waals surface area contributed by atoms with E-state index < -0.39 is 17.6 Å². The fraction of sp³-hybridized carbons (Fsp3) is 0.292. The number of aryl methyl sites for hydroxylation is 2. The number of amides is 2. The van der Waals surface area contributed by atoms with Crippen molar-refractivity contribution in [2.24, 2.45) is 0 Å². The number of aromatic hydroxyl groups is 1. The second-order valence-corrected chi connectivity index (χ2v) is 8.56. The Kier molecular flexibility index (Phi) is 8.48.